The van der Waals surface area contributed by atoms with Crippen molar-refractivity contribution in [3.63, 3.8) is 0 Å². The molecule has 0 aromatic heterocycles. The largest absolute Gasteiger partial charge is 0.329 e. The minimum Gasteiger partial charge on any atom is -0.329 e. The molecule has 0 fully saturated rings. The zero-order valence-corrected chi connectivity index (χ0v) is 11.6. The summed E-state index contributed by atoms with van der Waals surface area (Å²) >= 11 is 5.91. The van der Waals surface area contributed by atoms with Gasteiger partial charge >= 0.3 is 0 Å². The summed E-state index contributed by atoms with van der Waals surface area (Å²) in [4.78, 5) is 2.44. The van der Waals surface area contributed by atoms with E-state index in [9.17, 15) is 0 Å². The lowest BCUT2D eigenvalue weighted by Gasteiger charge is -2.30. The van der Waals surface area contributed by atoms with E-state index >= 15 is 0 Å². The summed E-state index contributed by atoms with van der Waals surface area (Å²) in [6.45, 7) is 7.20. The van der Waals surface area contributed by atoms with Crippen molar-refractivity contribution in [2.75, 3.05) is 19.6 Å². The molecule has 0 radical (unpaired) electrons. The van der Waals surface area contributed by atoms with Crippen LogP contribution < -0.4 is 5.73 Å². The first-order valence-electron chi connectivity index (χ1n) is 6.42. The zero-order chi connectivity index (χ0) is 12.7. The van der Waals surface area contributed by atoms with Crippen molar-refractivity contribution < 1.29 is 0 Å². The Morgan fingerprint density at radius 1 is 1.24 bits per heavy atom. The van der Waals surface area contributed by atoms with E-state index in [1.54, 1.807) is 0 Å². The highest BCUT2D eigenvalue weighted by molar-refractivity contribution is 6.30. The molecule has 0 heterocycles. The molecule has 0 saturated heterocycles. The van der Waals surface area contributed by atoms with Crippen molar-refractivity contribution >= 4 is 11.6 Å². The molecule has 0 aliphatic heterocycles. The number of nitrogens with two attached hydrogens (primary N) is 1. The van der Waals surface area contributed by atoms with E-state index in [0.717, 1.165) is 18.1 Å². The third kappa shape index (κ3) is 4.30. The fraction of sp³-hybridized carbons (Fsp3) is 0.571. The standard InChI is InChI=1S/C14H23ClN2/c1-3-5-10-17(4-2)14(11-16)12-6-8-13(15)9-7-12/h6-9,14H,3-5,10-11,16H2,1-2H3. The lowest BCUT2D eigenvalue weighted by atomic mass is 10.0. The van der Waals surface area contributed by atoms with Gasteiger partial charge in [-0.2, -0.15) is 0 Å². The Hall–Kier alpha value is -0.570. The lowest BCUT2D eigenvalue weighted by molar-refractivity contribution is 0.209. The Morgan fingerprint density at radius 3 is 2.35 bits per heavy atom. The van der Waals surface area contributed by atoms with Gasteiger partial charge in [-0.25, -0.2) is 0 Å². The molecule has 1 aromatic rings. The number of rotatable bonds is 7. The Labute approximate surface area is 110 Å². The summed E-state index contributed by atoms with van der Waals surface area (Å²) in [5.41, 5.74) is 7.18. The maximum absolute atomic E-state index is 5.92. The van der Waals surface area contributed by atoms with Gasteiger partial charge in [-0.05, 0) is 37.2 Å². The zero-order valence-electron chi connectivity index (χ0n) is 10.8. The lowest BCUT2D eigenvalue weighted by Crippen LogP contribution is -2.34. The van der Waals surface area contributed by atoms with Crippen molar-refractivity contribution in [3.05, 3.63) is 34.9 Å². The first kappa shape index (κ1) is 14.5. The summed E-state index contributed by atoms with van der Waals surface area (Å²) in [5, 5.41) is 0.779. The monoisotopic (exact) mass is 254 g/mol. The van der Waals surface area contributed by atoms with Crippen LogP contribution in [0.1, 0.15) is 38.3 Å². The predicted octanol–water partition coefficient (Wildman–Crippen LogP) is 3.46. The van der Waals surface area contributed by atoms with Crippen LogP contribution in [0.4, 0.5) is 0 Å². The van der Waals surface area contributed by atoms with E-state index in [2.05, 4.69) is 30.9 Å². The van der Waals surface area contributed by atoms with Gasteiger partial charge in [-0.15, -0.1) is 0 Å². The van der Waals surface area contributed by atoms with Crippen LogP contribution in [0, 0.1) is 0 Å². The van der Waals surface area contributed by atoms with Crippen molar-refractivity contribution in [3.8, 4) is 0 Å². The number of nitrogens with zero attached hydrogens (tertiary/aromatic N) is 1. The van der Waals surface area contributed by atoms with E-state index in [4.69, 9.17) is 17.3 Å². The first-order valence-corrected chi connectivity index (χ1v) is 6.80. The molecule has 0 bridgehead atoms. The van der Waals surface area contributed by atoms with Gasteiger partial charge in [0.2, 0.25) is 0 Å². The first-order chi connectivity index (χ1) is 8.22. The Kier molecular flexibility index (Phi) is 6.56. The molecule has 0 spiro atoms. The van der Waals surface area contributed by atoms with E-state index in [1.165, 1.54) is 18.4 Å². The summed E-state index contributed by atoms with van der Waals surface area (Å²) in [5.74, 6) is 0. The van der Waals surface area contributed by atoms with Crippen molar-refractivity contribution in [2.45, 2.75) is 32.7 Å². The summed E-state index contributed by atoms with van der Waals surface area (Å²) < 4.78 is 0. The molecule has 0 aliphatic carbocycles. The number of halogens is 1. The highest BCUT2D eigenvalue weighted by Crippen LogP contribution is 2.21. The van der Waals surface area contributed by atoms with Crippen LogP contribution in [0.25, 0.3) is 0 Å². The van der Waals surface area contributed by atoms with Gasteiger partial charge in [-0.1, -0.05) is 44.0 Å². The Balaban J connectivity index is 2.77. The molecular formula is C14H23ClN2. The molecule has 3 heteroatoms. The Bertz CT molecular complexity index is 311. The number of hydrogen-bond acceptors (Lipinski definition) is 2. The molecular weight excluding hydrogens is 232 g/mol. The minimum absolute atomic E-state index is 0.309. The normalized spacial score (nSPS) is 13.0. The van der Waals surface area contributed by atoms with Crippen LogP contribution in [0.5, 0.6) is 0 Å². The van der Waals surface area contributed by atoms with Crippen molar-refractivity contribution in [1.82, 2.24) is 4.90 Å². The summed E-state index contributed by atoms with van der Waals surface area (Å²) in [6.07, 6.45) is 2.44. The fourth-order valence-electron chi connectivity index (χ4n) is 2.08. The average molecular weight is 255 g/mol. The highest BCUT2D eigenvalue weighted by atomic mass is 35.5. The third-order valence-electron chi connectivity index (χ3n) is 3.12. The molecule has 17 heavy (non-hydrogen) atoms. The van der Waals surface area contributed by atoms with Crippen LogP contribution >= 0.6 is 11.6 Å². The van der Waals surface area contributed by atoms with Gasteiger partial charge in [0.1, 0.15) is 0 Å². The smallest absolute Gasteiger partial charge is 0.0470 e. The van der Waals surface area contributed by atoms with Crippen LogP contribution in [-0.2, 0) is 0 Å². The second-order valence-corrected chi connectivity index (χ2v) is 4.72. The number of benzene rings is 1. The second kappa shape index (κ2) is 7.70. The van der Waals surface area contributed by atoms with E-state index < -0.39 is 0 Å². The summed E-state index contributed by atoms with van der Waals surface area (Å²) in [6, 6.07) is 8.34. The van der Waals surface area contributed by atoms with Crippen LogP contribution in [-0.4, -0.2) is 24.5 Å². The third-order valence-corrected chi connectivity index (χ3v) is 3.38. The SMILES string of the molecule is CCCCN(CC)C(CN)c1ccc(Cl)cc1. The minimum atomic E-state index is 0.309. The average Bonchev–Trinajstić information content (AvgIpc) is 2.36. The van der Waals surface area contributed by atoms with E-state index in [0.29, 0.717) is 12.6 Å². The molecule has 1 unspecified atom stereocenters. The Morgan fingerprint density at radius 2 is 1.88 bits per heavy atom. The molecule has 2 N–H and O–H groups in total. The number of hydrogen-bond donors (Lipinski definition) is 1. The maximum Gasteiger partial charge on any atom is 0.0470 e. The highest BCUT2D eigenvalue weighted by Gasteiger charge is 2.16. The van der Waals surface area contributed by atoms with Gasteiger partial charge in [0.25, 0.3) is 0 Å². The van der Waals surface area contributed by atoms with Crippen LogP contribution in [0.2, 0.25) is 5.02 Å². The second-order valence-electron chi connectivity index (χ2n) is 4.29. The van der Waals surface area contributed by atoms with Crippen LogP contribution in [0.3, 0.4) is 0 Å². The molecule has 96 valence electrons. The molecule has 1 aromatic carbocycles. The van der Waals surface area contributed by atoms with Gasteiger partial charge in [0.05, 0.1) is 0 Å². The van der Waals surface area contributed by atoms with Gasteiger partial charge < -0.3 is 5.73 Å². The molecule has 0 amide bonds. The van der Waals surface area contributed by atoms with Gasteiger partial charge in [0, 0.05) is 17.6 Å². The molecule has 1 rings (SSSR count). The predicted molar refractivity (Wildman–Crippen MR) is 75.4 cm³/mol. The van der Waals surface area contributed by atoms with Crippen LogP contribution in [0.15, 0.2) is 24.3 Å². The molecule has 2 nitrogen and oxygen atoms in total. The van der Waals surface area contributed by atoms with Gasteiger partial charge in [0.15, 0.2) is 0 Å². The van der Waals surface area contributed by atoms with Crippen molar-refractivity contribution in [1.29, 1.82) is 0 Å². The van der Waals surface area contributed by atoms with Gasteiger partial charge in [-0.3, -0.25) is 4.90 Å². The van der Waals surface area contributed by atoms with Crippen molar-refractivity contribution in [2.24, 2.45) is 5.73 Å². The topological polar surface area (TPSA) is 29.3 Å². The number of unbranched alkanes of at least 4 members (excludes halogenated alkanes) is 1. The molecule has 0 aliphatic rings. The molecule has 0 saturated carbocycles. The maximum atomic E-state index is 5.92. The summed E-state index contributed by atoms with van der Waals surface area (Å²) in [7, 11) is 0. The van der Waals surface area contributed by atoms with E-state index in [1.807, 2.05) is 12.1 Å². The molecule has 1 atom stereocenters. The number of likely N-dealkylation sites (N-methyl/N-ethyl adjacent to an activating group) is 1. The quantitative estimate of drug-likeness (QED) is 0.808. The fourth-order valence-corrected chi connectivity index (χ4v) is 2.20. The van der Waals surface area contributed by atoms with E-state index in [-0.39, 0.29) is 0 Å².